The largest absolute Gasteiger partial charge is 0.489 e. The van der Waals surface area contributed by atoms with Crippen LogP contribution in [0.2, 0.25) is 5.02 Å². The summed E-state index contributed by atoms with van der Waals surface area (Å²) in [7, 11) is 1.52. The number of anilines is 1. The first-order valence-corrected chi connectivity index (χ1v) is 4.88. The lowest BCUT2D eigenvalue weighted by atomic mass is 10.2. The molecule has 16 heavy (non-hydrogen) atoms. The van der Waals surface area contributed by atoms with Crippen molar-refractivity contribution in [1.82, 2.24) is 0 Å². The number of rotatable bonds is 5. The molecule has 6 heteroatoms. The summed E-state index contributed by atoms with van der Waals surface area (Å²) in [6.07, 6.45) is 0. The molecule has 0 fully saturated rings. The number of methoxy groups -OCH3 is 1. The van der Waals surface area contributed by atoms with Crippen LogP contribution in [0.15, 0.2) is 12.1 Å². The first-order valence-electron chi connectivity index (χ1n) is 4.50. The van der Waals surface area contributed by atoms with Gasteiger partial charge in [-0.15, -0.1) is 0 Å². The lowest BCUT2D eigenvalue weighted by Gasteiger charge is -2.11. The first-order chi connectivity index (χ1) is 7.56. The molecule has 5 nitrogen and oxygen atoms in total. The summed E-state index contributed by atoms with van der Waals surface area (Å²) in [5.41, 5.74) is 5.72. The van der Waals surface area contributed by atoms with Gasteiger partial charge in [-0.1, -0.05) is 11.6 Å². The van der Waals surface area contributed by atoms with Crippen LogP contribution in [0.3, 0.4) is 0 Å². The highest BCUT2D eigenvalue weighted by Gasteiger charge is 2.16. The minimum atomic E-state index is -1.14. The SMILES string of the molecule is COCCOc1c(Cl)cc(N)cc1C(=O)O. The van der Waals surface area contributed by atoms with Gasteiger partial charge in [0.15, 0.2) is 5.75 Å². The van der Waals surface area contributed by atoms with E-state index in [4.69, 9.17) is 31.9 Å². The molecule has 0 aromatic heterocycles. The second-order valence-corrected chi connectivity index (χ2v) is 3.43. The van der Waals surface area contributed by atoms with Gasteiger partial charge in [0.2, 0.25) is 0 Å². The van der Waals surface area contributed by atoms with Crippen molar-refractivity contribution >= 4 is 23.3 Å². The van der Waals surface area contributed by atoms with E-state index < -0.39 is 5.97 Å². The average molecular weight is 246 g/mol. The topological polar surface area (TPSA) is 81.8 Å². The molecule has 0 heterocycles. The fraction of sp³-hybridized carbons (Fsp3) is 0.300. The fourth-order valence-electron chi connectivity index (χ4n) is 1.15. The first kappa shape index (κ1) is 12.6. The molecule has 1 aromatic carbocycles. The third-order valence-corrected chi connectivity index (χ3v) is 2.11. The zero-order valence-electron chi connectivity index (χ0n) is 8.70. The highest BCUT2D eigenvalue weighted by Crippen LogP contribution is 2.31. The van der Waals surface area contributed by atoms with Crippen LogP contribution in [0.4, 0.5) is 5.69 Å². The smallest absolute Gasteiger partial charge is 0.339 e. The minimum absolute atomic E-state index is 0.0545. The third-order valence-electron chi connectivity index (χ3n) is 1.83. The van der Waals surface area contributed by atoms with Crippen LogP contribution in [-0.4, -0.2) is 31.4 Å². The Labute approximate surface area is 97.7 Å². The number of carboxylic acid groups (broad SMARTS) is 1. The van der Waals surface area contributed by atoms with Gasteiger partial charge in [-0.25, -0.2) is 4.79 Å². The van der Waals surface area contributed by atoms with E-state index >= 15 is 0 Å². The normalized spacial score (nSPS) is 10.1. The lowest BCUT2D eigenvalue weighted by molar-refractivity contribution is 0.0689. The van der Waals surface area contributed by atoms with E-state index in [1.54, 1.807) is 0 Å². The summed E-state index contributed by atoms with van der Waals surface area (Å²) in [4.78, 5) is 10.9. The molecule has 0 bridgehead atoms. The van der Waals surface area contributed by atoms with E-state index in [9.17, 15) is 4.79 Å². The molecule has 0 spiro atoms. The Bertz CT molecular complexity index is 395. The van der Waals surface area contributed by atoms with Crippen molar-refractivity contribution in [3.05, 3.63) is 22.7 Å². The summed E-state index contributed by atoms with van der Waals surface area (Å²) in [6, 6.07) is 2.74. The number of carbonyl (C=O) groups is 1. The van der Waals surface area contributed by atoms with Crippen LogP contribution < -0.4 is 10.5 Å². The van der Waals surface area contributed by atoms with Gasteiger partial charge in [0.1, 0.15) is 12.2 Å². The predicted molar refractivity (Wildman–Crippen MR) is 60.2 cm³/mol. The van der Waals surface area contributed by atoms with E-state index in [1.165, 1.54) is 19.2 Å². The van der Waals surface area contributed by atoms with Crippen LogP contribution in [0.25, 0.3) is 0 Å². The molecule has 0 aliphatic carbocycles. The van der Waals surface area contributed by atoms with Crippen molar-refractivity contribution < 1.29 is 19.4 Å². The van der Waals surface area contributed by atoms with Crippen molar-refractivity contribution in [2.24, 2.45) is 0 Å². The highest BCUT2D eigenvalue weighted by molar-refractivity contribution is 6.33. The van der Waals surface area contributed by atoms with Gasteiger partial charge in [0.05, 0.1) is 11.6 Å². The summed E-state index contributed by atoms with van der Waals surface area (Å²) in [5, 5.41) is 9.12. The number of hydrogen-bond donors (Lipinski definition) is 2. The molecule has 0 saturated heterocycles. The molecule has 0 radical (unpaired) electrons. The molecule has 0 saturated carbocycles. The van der Waals surface area contributed by atoms with E-state index in [0.717, 1.165) is 0 Å². The van der Waals surface area contributed by atoms with Gasteiger partial charge in [-0.05, 0) is 12.1 Å². The Morgan fingerprint density at radius 1 is 1.50 bits per heavy atom. The van der Waals surface area contributed by atoms with Gasteiger partial charge in [0.25, 0.3) is 0 Å². The number of nitrogens with two attached hydrogens (primary N) is 1. The molecular weight excluding hydrogens is 234 g/mol. The lowest BCUT2D eigenvalue weighted by Crippen LogP contribution is -2.09. The quantitative estimate of drug-likeness (QED) is 0.609. The van der Waals surface area contributed by atoms with Crippen LogP contribution >= 0.6 is 11.6 Å². The molecule has 0 aliphatic heterocycles. The van der Waals surface area contributed by atoms with E-state index in [2.05, 4.69) is 0 Å². The standard InChI is InChI=1S/C10H12ClNO4/c1-15-2-3-16-9-7(10(13)14)4-6(12)5-8(9)11/h4-5H,2-3,12H2,1H3,(H,13,14). The molecule has 88 valence electrons. The van der Waals surface area contributed by atoms with Crippen molar-refractivity contribution in [1.29, 1.82) is 0 Å². The van der Waals surface area contributed by atoms with Gasteiger partial charge >= 0.3 is 5.97 Å². The van der Waals surface area contributed by atoms with Crippen molar-refractivity contribution in [3.8, 4) is 5.75 Å². The number of nitrogen functional groups attached to an aromatic ring is 1. The van der Waals surface area contributed by atoms with E-state index in [1.807, 2.05) is 0 Å². The molecule has 0 aliphatic rings. The zero-order chi connectivity index (χ0) is 12.1. The molecule has 0 unspecified atom stereocenters. The maximum absolute atomic E-state index is 10.9. The van der Waals surface area contributed by atoms with Gasteiger partial charge < -0.3 is 20.3 Å². The van der Waals surface area contributed by atoms with Gasteiger partial charge in [0, 0.05) is 12.8 Å². The van der Waals surface area contributed by atoms with Gasteiger partial charge in [-0.3, -0.25) is 0 Å². The monoisotopic (exact) mass is 245 g/mol. The maximum Gasteiger partial charge on any atom is 0.339 e. The average Bonchev–Trinajstić information content (AvgIpc) is 2.20. The van der Waals surface area contributed by atoms with Crippen LogP contribution in [0.1, 0.15) is 10.4 Å². The van der Waals surface area contributed by atoms with Crippen LogP contribution in [0.5, 0.6) is 5.75 Å². The Morgan fingerprint density at radius 2 is 2.19 bits per heavy atom. The molecule has 1 rings (SSSR count). The summed E-state index contributed by atoms with van der Waals surface area (Å²) < 4.78 is 10.0. The minimum Gasteiger partial charge on any atom is -0.489 e. The summed E-state index contributed by atoms with van der Waals surface area (Å²) in [5.74, 6) is -1.03. The van der Waals surface area contributed by atoms with Crippen molar-refractivity contribution in [2.75, 3.05) is 26.1 Å². The third kappa shape index (κ3) is 3.01. The Hall–Kier alpha value is -1.46. The number of benzene rings is 1. The van der Waals surface area contributed by atoms with Gasteiger partial charge in [-0.2, -0.15) is 0 Å². The van der Waals surface area contributed by atoms with E-state index in [0.29, 0.717) is 6.61 Å². The number of halogens is 1. The highest BCUT2D eigenvalue weighted by atomic mass is 35.5. The molecule has 0 atom stereocenters. The molecule has 0 amide bonds. The summed E-state index contributed by atoms with van der Waals surface area (Å²) in [6.45, 7) is 0.570. The fourth-order valence-corrected chi connectivity index (χ4v) is 1.43. The Morgan fingerprint density at radius 3 is 2.75 bits per heavy atom. The number of aromatic carboxylic acids is 1. The molecular formula is C10H12ClNO4. The van der Waals surface area contributed by atoms with Crippen molar-refractivity contribution in [2.45, 2.75) is 0 Å². The van der Waals surface area contributed by atoms with Crippen LogP contribution in [-0.2, 0) is 4.74 Å². The molecule has 1 aromatic rings. The van der Waals surface area contributed by atoms with E-state index in [-0.39, 0.29) is 28.6 Å². The zero-order valence-corrected chi connectivity index (χ0v) is 9.45. The number of carboxylic acids is 1. The second-order valence-electron chi connectivity index (χ2n) is 3.03. The number of hydrogen-bond acceptors (Lipinski definition) is 4. The summed E-state index contributed by atoms with van der Waals surface area (Å²) >= 11 is 5.85. The number of ether oxygens (including phenoxy) is 2. The molecule has 3 N–H and O–H groups in total. The maximum atomic E-state index is 10.9. The Balaban J connectivity index is 2.99. The second kappa shape index (κ2) is 5.58. The van der Waals surface area contributed by atoms with Crippen molar-refractivity contribution in [3.63, 3.8) is 0 Å². The predicted octanol–water partition coefficient (Wildman–Crippen LogP) is 1.65. The van der Waals surface area contributed by atoms with Crippen LogP contribution in [0, 0.1) is 0 Å². The Kier molecular flexibility index (Phi) is 4.39.